The van der Waals surface area contributed by atoms with Crippen molar-refractivity contribution in [2.24, 2.45) is 5.92 Å². The van der Waals surface area contributed by atoms with Gasteiger partial charge in [-0.25, -0.2) is 9.97 Å². The quantitative estimate of drug-likeness (QED) is 0.773. The number of imidazole rings is 1. The van der Waals surface area contributed by atoms with Gasteiger partial charge in [-0.15, -0.1) is 0 Å². The molecular weight excluding hydrogens is 236 g/mol. The number of hydrogen-bond acceptors (Lipinski definition) is 3. The van der Waals surface area contributed by atoms with E-state index in [1.165, 1.54) is 25.7 Å². The van der Waals surface area contributed by atoms with Crippen molar-refractivity contribution in [2.75, 3.05) is 5.73 Å². The predicted molar refractivity (Wildman–Crippen MR) is 79.9 cm³/mol. The van der Waals surface area contributed by atoms with Crippen LogP contribution in [-0.2, 0) is 6.54 Å². The number of hydrogen-bond donors (Lipinski definition) is 1. The second kappa shape index (κ2) is 6.55. The summed E-state index contributed by atoms with van der Waals surface area (Å²) in [5, 5.41) is 0. The lowest BCUT2D eigenvalue weighted by Crippen LogP contribution is -2.04. The minimum atomic E-state index is 0.580. The summed E-state index contributed by atoms with van der Waals surface area (Å²) in [6.45, 7) is 5.48. The van der Waals surface area contributed by atoms with Crippen LogP contribution in [0.15, 0.2) is 18.3 Å². The van der Waals surface area contributed by atoms with Crippen molar-refractivity contribution in [3.8, 4) is 0 Å². The molecule has 104 valence electrons. The summed E-state index contributed by atoms with van der Waals surface area (Å²) in [6, 6.07) is 3.85. The van der Waals surface area contributed by atoms with Crippen molar-refractivity contribution < 1.29 is 0 Å². The average molecular weight is 260 g/mol. The normalized spacial score (nSPS) is 11.5. The smallest absolute Gasteiger partial charge is 0.202 e. The largest absolute Gasteiger partial charge is 0.369 e. The molecule has 2 rings (SSSR count). The Labute approximate surface area is 115 Å². The SMILES string of the molecule is CC(C)CCCCCCn1c(N)nc2cccnc21. The van der Waals surface area contributed by atoms with E-state index in [4.69, 9.17) is 5.73 Å². The van der Waals surface area contributed by atoms with E-state index in [2.05, 4.69) is 23.8 Å². The van der Waals surface area contributed by atoms with Gasteiger partial charge in [0.1, 0.15) is 5.52 Å². The lowest BCUT2D eigenvalue weighted by atomic mass is 10.0. The minimum absolute atomic E-state index is 0.580. The lowest BCUT2D eigenvalue weighted by Gasteiger charge is -2.06. The first-order chi connectivity index (χ1) is 9.18. The molecule has 0 unspecified atom stereocenters. The lowest BCUT2D eigenvalue weighted by molar-refractivity contribution is 0.508. The van der Waals surface area contributed by atoms with E-state index in [-0.39, 0.29) is 0 Å². The highest BCUT2D eigenvalue weighted by Gasteiger charge is 2.07. The zero-order valence-corrected chi connectivity index (χ0v) is 12.0. The highest BCUT2D eigenvalue weighted by molar-refractivity contribution is 5.73. The summed E-state index contributed by atoms with van der Waals surface area (Å²) in [5.74, 6) is 1.40. The number of rotatable bonds is 7. The van der Waals surface area contributed by atoms with Crippen LogP contribution in [0.5, 0.6) is 0 Å². The number of anilines is 1. The Balaban J connectivity index is 1.83. The molecule has 0 saturated carbocycles. The van der Waals surface area contributed by atoms with Gasteiger partial charge in [0.05, 0.1) is 0 Å². The van der Waals surface area contributed by atoms with Crippen LogP contribution in [-0.4, -0.2) is 14.5 Å². The number of aromatic nitrogens is 3. The Morgan fingerprint density at radius 2 is 2.00 bits per heavy atom. The Morgan fingerprint density at radius 1 is 1.21 bits per heavy atom. The molecule has 2 heterocycles. The van der Waals surface area contributed by atoms with Gasteiger partial charge in [-0.05, 0) is 24.5 Å². The molecule has 0 bridgehead atoms. The Bertz CT molecular complexity index is 516. The second-order valence-electron chi connectivity index (χ2n) is 5.56. The van der Waals surface area contributed by atoms with Gasteiger partial charge in [-0.3, -0.25) is 4.57 Å². The molecule has 0 amide bonds. The molecule has 0 fully saturated rings. The molecule has 0 radical (unpaired) electrons. The second-order valence-corrected chi connectivity index (χ2v) is 5.56. The molecule has 4 heteroatoms. The molecule has 0 saturated heterocycles. The minimum Gasteiger partial charge on any atom is -0.369 e. The number of fused-ring (bicyclic) bond motifs is 1. The van der Waals surface area contributed by atoms with Crippen LogP contribution in [0.1, 0.15) is 46.0 Å². The fourth-order valence-corrected chi connectivity index (χ4v) is 2.37. The molecule has 0 aliphatic rings. The van der Waals surface area contributed by atoms with E-state index < -0.39 is 0 Å². The van der Waals surface area contributed by atoms with E-state index in [9.17, 15) is 0 Å². The summed E-state index contributed by atoms with van der Waals surface area (Å²) in [4.78, 5) is 8.69. The van der Waals surface area contributed by atoms with E-state index in [1.807, 2.05) is 16.7 Å². The number of nitrogens with zero attached hydrogens (tertiary/aromatic N) is 3. The van der Waals surface area contributed by atoms with Gasteiger partial charge in [0.2, 0.25) is 5.95 Å². The molecule has 0 aromatic carbocycles. The van der Waals surface area contributed by atoms with E-state index >= 15 is 0 Å². The molecule has 19 heavy (non-hydrogen) atoms. The zero-order valence-electron chi connectivity index (χ0n) is 12.0. The maximum absolute atomic E-state index is 5.95. The van der Waals surface area contributed by atoms with Crippen molar-refractivity contribution in [1.82, 2.24) is 14.5 Å². The number of pyridine rings is 1. The molecular formula is C15H24N4. The van der Waals surface area contributed by atoms with Gasteiger partial charge < -0.3 is 5.73 Å². The van der Waals surface area contributed by atoms with Crippen molar-refractivity contribution in [1.29, 1.82) is 0 Å². The number of unbranched alkanes of at least 4 members (excludes halogenated alkanes) is 3. The van der Waals surface area contributed by atoms with E-state index in [0.29, 0.717) is 5.95 Å². The van der Waals surface area contributed by atoms with Gasteiger partial charge in [0.15, 0.2) is 5.65 Å². The maximum Gasteiger partial charge on any atom is 0.202 e. The third-order valence-corrected chi connectivity index (χ3v) is 3.45. The molecule has 2 aromatic rings. The van der Waals surface area contributed by atoms with Crippen LogP contribution < -0.4 is 5.73 Å². The first-order valence-corrected chi connectivity index (χ1v) is 7.25. The third kappa shape index (κ3) is 3.69. The summed E-state index contributed by atoms with van der Waals surface area (Å²) in [7, 11) is 0. The predicted octanol–water partition coefficient (Wildman–Crippen LogP) is 3.62. The number of nitrogens with two attached hydrogens (primary N) is 1. The molecule has 0 aliphatic carbocycles. The molecule has 0 aliphatic heterocycles. The van der Waals surface area contributed by atoms with Gasteiger partial charge in [0, 0.05) is 12.7 Å². The van der Waals surface area contributed by atoms with Crippen LogP contribution in [0.4, 0.5) is 5.95 Å². The highest BCUT2D eigenvalue weighted by Crippen LogP contribution is 2.16. The van der Waals surface area contributed by atoms with Crippen LogP contribution in [0.25, 0.3) is 11.2 Å². The molecule has 2 aromatic heterocycles. The number of nitrogen functional groups attached to an aromatic ring is 1. The monoisotopic (exact) mass is 260 g/mol. The van der Waals surface area contributed by atoms with Crippen molar-refractivity contribution in [2.45, 2.75) is 52.5 Å². The van der Waals surface area contributed by atoms with Crippen LogP contribution in [0.2, 0.25) is 0 Å². The molecule has 0 atom stereocenters. The summed E-state index contributed by atoms with van der Waals surface area (Å²) < 4.78 is 2.03. The Kier molecular flexibility index (Phi) is 4.77. The molecule has 4 nitrogen and oxygen atoms in total. The van der Waals surface area contributed by atoms with Crippen molar-refractivity contribution in [3.05, 3.63) is 18.3 Å². The average Bonchev–Trinajstić information content (AvgIpc) is 2.69. The fourth-order valence-electron chi connectivity index (χ4n) is 2.37. The highest BCUT2D eigenvalue weighted by atomic mass is 15.2. The van der Waals surface area contributed by atoms with Crippen molar-refractivity contribution >= 4 is 17.1 Å². The Morgan fingerprint density at radius 3 is 2.79 bits per heavy atom. The van der Waals surface area contributed by atoms with Gasteiger partial charge >= 0.3 is 0 Å². The first-order valence-electron chi connectivity index (χ1n) is 7.25. The fraction of sp³-hybridized carbons (Fsp3) is 0.600. The summed E-state index contributed by atoms with van der Waals surface area (Å²) >= 11 is 0. The van der Waals surface area contributed by atoms with Gasteiger partial charge in [-0.1, -0.05) is 39.5 Å². The van der Waals surface area contributed by atoms with E-state index in [0.717, 1.165) is 30.0 Å². The standard InChI is InChI=1S/C15H24N4/c1-12(2)8-5-3-4-6-11-19-14-13(18-15(19)16)9-7-10-17-14/h7,9-10,12H,3-6,8,11H2,1-2H3,(H2,16,18). The Hall–Kier alpha value is -1.58. The van der Waals surface area contributed by atoms with Crippen LogP contribution >= 0.6 is 0 Å². The summed E-state index contributed by atoms with van der Waals surface area (Å²) in [5.41, 5.74) is 7.74. The topological polar surface area (TPSA) is 56.7 Å². The van der Waals surface area contributed by atoms with Gasteiger partial charge in [-0.2, -0.15) is 0 Å². The van der Waals surface area contributed by atoms with Crippen LogP contribution in [0, 0.1) is 5.92 Å². The number of aryl methyl sites for hydroxylation is 1. The van der Waals surface area contributed by atoms with Crippen molar-refractivity contribution in [3.63, 3.8) is 0 Å². The first kappa shape index (κ1) is 13.8. The zero-order chi connectivity index (χ0) is 13.7. The van der Waals surface area contributed by atoms with Crippen LogP contribution in [0.3, 0.4) is 0 Å². The molecule has 2 N–H and O–H groups in total. The third-order valence-electron chi connectivity index (χ3n) is 3.45. The van der Waals surface area contributed by atoms with Gasteiger partial charge in [0.25, 0.3) is 0 Å². The maximum atomic E-state index is 5.95. The van der Waals surface area contributed by atoms with E-state index in [1.54, 1.807) is 6.20 Å². The molecule has 0 spiro atoms. The summed E-state index contributed by atoms with van der Waals surface area (Å²) in [6.07, 6.45) is 8.15.